The van der Waals surface area contributed by atoms with Crippen molar-refractivity contribution in [2.24, 2.45) is 0 Å². The molecule has 4 nitrogen and oxygen atoms in total. The first-order chi connectivity index (χ1) is 11.9. The second kappa shape index (κ2) is 5.70. The Morgan fingerprint density at radius 3 is 2.60 bits per heavy atom. The maximum absolute atomic E-state index is 13.0. The van der Waals surface area contributed by atoms with Gasteiger partial charge in [0.25, 0.3) is 0 Å². The second-order valence-electron chi connectivity index (χ2n) is 5.51. The quantitative estimate of drug-likeness (QED) is 0.478. The fourth-order valence-corrected chi connectivity index (χ4v) is 3.15. The molecule has 8 heteroatoms. The summed E-state index contributed by atoms with van der Waals surface area (Å²) in [5, 5.41) is 0.566. The van der Waals surface area contributed by atoms with Crippen LogP contribution in [0.5, 0.6) is 0 Å². The molecule has 126 valence electrons. The largest absolute Gasteiger partial charge is 0.406 e. The smallest absolute Gasteiger partial charge is 0.327 e. The lowest BCUT2D eigenvalue weighted by molar-refractivity contribution is -0.139. The topological polar surface area (TPSA) is 43.6 Å². The van der Waals surface area contributed by atoms with Crippen LogP contribution in [0.4, 0.5) is 13.2 Å². The third-order valence-corrected chi connectivity index (χ3v) is 4.16. The van der Waals surface area contributed by atoms with Crippen LogP contribution in [-0.2, 0) is 6.54 Å². The van der Waals surface area contributed by atoms with Gasteiger partial charge in [0.2, 0.25) is 0 Å². The third-order valence-electron chi connectivity index (χ3n) is 3.89. The number of alkyl halides is 3. The van der Waals surface area contributed by atoms with Gasteiger partial charge >= 0.3 is 6.18 Å². The normalized spacial score (nSPS) is 12.2. The van der Waals surface area contributed by atoms with Crippen LogP contribution in [0.15, 0.2) is 48.9 Å². The van der Waals surface area contributed by atoms with Crippen LogP contribution < -0.4 is 0 Å². The molecule has 0 saturated carbocycles. The van der Waals surface area contributed by atoms with Gasteiger partial charge in [0, 0.05) is 17.1 Å². The predicted octanol–water partition coefficient (Wildman–Crippen LogP) is 4.86. The first kappa shape index (κ1) is 15.8. The van der Waals surface area contributed by atoms with E-state index in [4.69, 9.17) is 11.6 Å². The fourth-order valence-electron chi connectivity index (χ4n) is 2.91. The summed E-state index contributed by atoms with van der Waals surface area (Å²) in [5.41, 5.74) is 2.47. The second-order valence-corrected chi connectivity index (χ2v) is 5.87. The molecular weight excluding hydrogens is 353 g/mol. The highest BCUT2D eigenvalue weighted by atomic mass is 35.5. The molecule has 1 aromatic carbocycles. The number of nitrogens with zero attached hydrogens (tertiary/aromatic N) is 4. The van der Waals surface area contributed by atoms with Crippen LogP contribution in [0.1, 0.15) is 0 Å². The molecule has 0 bridgehead atoms. The van der Waals surface area contributed by atoms with E-state index in [1.54, 1.807) is 30.5 Å². The molecule has 3 aromatic heterocycles. The highest BCUT2D eigenvalue weighted by Gasteiger charge is 2.30. The summed E-state index contributed by atoms with van der Waals surface area (Å²) in [5.74, 6) is 0. The zero-order chi connectivity index (χ0) is 17.6. The van der Waals surface area contributed by atoms with Gasteiger partial charge < -0.3 is 4.57 Å². The van der Waals surface area contributed by atoms with Gasteiger partial charge in [-0.05, 0) is 24.3 Å². The van der Waals surface area contributed by atoms with E-state index < -0.39 is 12.7 Å². The molecule has 25 heavy (non-hydrogen) atoms. The molecule has 0 saturated heterocycles. The zero-order valence-corrected chi connectivity index (χ0v) is 13.4. The van der Waals surface area contributed by atoms with Crippen molar-refractivity contribution < 1.29 is 13.2 Å². The van der Waals surface area contributed by atoms with Gasteiger partial charge in [0.05, 0.1) is 11.2 Å². The number of fused-ring (bicyclic) bond motifs is 3. The molecule has 0 atom stereocenters. The molecule has 4 rings (SSSR count). The average Bonchev–Trinajstić information content (AvgIpc) is 2.89. The summed E-state index contributed by atoms with van der Waals surface area (Å²) >= 11 is 6.07. The predicted molar refractivity (Wildman–Crippen MR) is 89.3 cm³/mol. The van der Waals surface area contributed by atoms with Gasteiger partial charge in [-0.15, -0.1) is 0 Å². The number of hydrogen-bond acceptors (Lipinski definition) is 3. The van der Waals surface area contributed by atoms with Gasteiger partial charge in [-0.1, -0.05) is 23.7 Å². The van der Waals surface area contributed by atoms with Crippen molar-refractivity contribution in [3.63, 3.8) is 0 Å². The lowest BCUT2D eigenvalue weighted by Gasteiger charge is -2.11. The van der Waals surface area contributed by atoms with Crippen LogP contribution in [0.25, 0.3) is 33.2 Å². The van der Waals surface area contributed by atoms with Crippen LogP contribution in [0, 0.1) is 0 Å². The summed E-state index contributed by atoms with van der Waals surface area (Å²) in [6.45, 7) is -1.16. The number of benzene rings is 1. The third kappa shape index (κ3) is 2.80. The Bertz CT molecular complexity index is 1070. The van der Waals surface area contributed by atoms with E-state index in [1.807, 2.05) is 12.1 Å². The molecule has 3 heterocycles. The molecule has 0 radical (unpaired) electrons. The van der Waals surface area contributed by atoms with Crippen molar-refractivity contribution in [3.8, 4) is 11.3 Å². The Morgan fingerprint density at radius 2 is 1.88 bits per heavy atom. The van der Waals surface area contributed by atoms with Gasteiger partial charge in [0.1, 0.15) is 23.9 Å². The van der Waals surface area contributed by atoms with E-state index in [0.29, 0.717) is 16.4 Å². The monoisotopic (exact) mass is 362 g/mol. The Balaban J connectivity index is 2.03. The number of pyridine rings is 1. The van der Waals surface area contributed by atoms with Crippen molar-refractivity contribution in [2.75, 3.05) is 0 Å². The molecule has 0 aliphatic heterocycles. The van der Waals surface area contributed by atoms with E-state index in [9.17, 15) is 13.2 Å². The highest BCUT2D eigenvalue weighted by molar-refractivity contribution is 6.34. The first-order valence-corrected chi connectivity index (χ1v) is 7.72. The number of hydrogen-bond donors (Lipinski definition) is 0. The van der Waals surface area contributed by atoms with Gasteiger partial charge in [-0.3, -0.25) is 4.98 Å². The van der Waals surface area contributed by atoms with Crippen LogP contribution in [0.2, 0.25) is 5.15 Å². The summed E-state index contributed by atoms with van der Waals surface area (Å²) in [4.78, 5) is 12.3. The molecule has 0 aliphatic rings. The van der Waals surface area contributed by atoms with Gasteiger partial charge in [-0.2, -0.15) is 13.2 Å². The van der Waals surface area contributed by atoms with Crippen molar-refractivity contribution in [2.45, 2.75) is 12.7 Å². The highest BCUT2D eigenvalue weighted by Crippen LogP contribution is 2.35. The molecule has 0 spiro atoms. The minimum Gasteiger partial charge on any atom is -0.327 e. The first-order valence-electron chi connectivity index (χ1n) is 7.35. The average molecular weight is 363 g/mol. The van der Waals surface area contributed by atoms with Crippen molar-refractivity contribution in [3.05, 3.63) is 54.1 Å². The van der Waals surface area contributed by atoms with Crippen LogP contribution in [-0.4, -0.2) is 25.7 Å². The van der Waals surface area contributed by atoms with E-state index in [0.717, 1.165) is 15.8 Å². The van der Waals surface area contributed by atoms with E-state index in [2.05, 4.69) is 15.0 Å². The fraction of sp³-hybridized carbons (Fsp3) is 0.118. The lowest BCUT2D eigenvalue weighted by atomic mass is 10.1. The minimum atomic E-state index is -4.39. The summed E-state index contributed by atoms with van der Waals surface area (Å²) in [7, 11) is 0. The molecule has 0 fully saturated rings. The lowest BCUT2D eigenvalue weighted by Crippen LogP contribution is -2.17. The number of rotatable bonds is 2. The Morgan fingerprint density at radius 1 is 1.04 bits per heavy atom. The molecule has 0 unspecified atom stereocenters. The van der Waals surface area contributed by atoms with Crippen molar-refractivity contribution in [1.29, 1.82) is 0 Å². The zero-order valence-electron chi connectivity index (χ0n) is 12.6. The van der Waals surface area contributed by atoms with Gasteiger partial charge in [-0.25, -0.2) is 9.97 Å². The van der Waals surface area contributed by atoms with Crippen LogP contribution in [0.3, 0.4) is 0 Å². The van der Waals surface area contributed by atoms with Gasteiger partial charge in [0.15, 0.2) is 5.15 Å². The minimum absolute atomic E-state index is 0.00941. The maximum atomic E-state index is 13.0. The molecule has 0 N–H and O–H groups in total. The molecule has 0 amide bonds. The Hall–Kier alpha value is -2.67. The number of aromatic nitrogens is 4. The standard InChI is InChI=1S/C17H10ClF3N4/c18-16-15-14(23-9-24-16)11-7-10(12-3-1-2-6-22-12)4-5-13(11)25(15)8-17(19,20)21/h1-7,9H,8H2. The molecule has 4 aromatic rings. The Kier molecular flexibility index (Phi) is 3.61. The van der Waals surface area contributed by atoms with Crippen LogP contribution >= 0.6 is 11.6 Å². The Labute approximate surface area is 144 Å². The van der Waals surface area contributed by atoms with Crippen molar-refractivity contribution in [1.82, 2.24) is 19.5 Å². The summed E-state index contributed by atoms with van der Waals surface area (Å²) < 4.78 is 40.2. The van der Waals surface area contributed by atoms with E-state index in [-0.39, 0.29) is 10.7 Å². The summed E-state index contributed by atoms with van der Waals surface area (Å²) in [6, 6.07) is 10.6. The maximum Gasteiger partial charge on any atom is 0.406 e. The van der Waals surface area contributed by atoms with E-state index in [1.165, 1.54) is 6.33 Å². The molecule has 0 aliphatic carbocycles. The van der Waals surface area contributed by atoms with Crippen molar-refractivity contribution >= 4 is 33.5 Å². The number of halogens is 4. The molecular formula is C17H10ClF3N4. The SMILES string of the molecule is FC(F)(F)Cn1c2ccc(-c3ccccn3)cc2c2ncnc(Cl)c21. The summed E-state index contributed by atoms with van der Waals surface area (Å²) in [6.07, 6.45) is -1.49. The van der Waals surface area contributed by atoms with E-state index >= 15 is 0 Å².